The molecule has 0 fully saturated rings. The first kappa shape index (κ1) is 24.4. The normalized spacial score (nSPS) is 25.7. The van der Waals surface area contributed by atoms with Gasteiger partial charge in [0.2, 0.25) is 4.89 Å². The number of aromatic hydroxyl groups is 1. The smallest absolute Gasteiger partial charge is 0.222 e. The molecule has 0 amide bonds. The van der Waals surface area contributed by atoms with E-state index in [9.17, 15) is 5.11 Å². The molecular weight excluding hydrogens is 493 g/mol. The van der Waals surface area contributed by atoms with Crippen molar-refractivity contribution in [2.45, 2.75) is 25.6 Å². The van der Waals surface area contributed by atoms with Gasteiger partial charge in [0.15, 0.2) is 5.34 Å². The first-order valence-corrected chi connectivity index (χ1v) is 15.7. The van der Waals surface area contributed by atoms with Gasteiger partial charge in [-0.15, -0.1) is 0 Å². The van der Waals surface area contributed by atoms with E-state index >= 15 is 0 Å². The Bertz CT molecular complexity index is 1040. The number of rotatable bonds is 8. The molecule has 2 aliphatic rings. The van der Waals surface area contributed by atoms with Gasteiger partial charge in [0, 0.05) is 33.9 Å². The second-order valence-corrected chi connectivity index (χ2v) is 18.3. The Balaban J connectivity index is 1.56. The fourth-order valence-electron chi connectivity index (χ4n) is 3.22. The van der Waals surface area contributed by atoms with Crippen LogP contribution in [-0.4, -0.2) is 51.8 Å². The molecule has 31 heavy (non-hydrogen) atoms. The molecule has 0 saturated heterocycles. The van der Waals surface area contributed by atoms with Crippen LogP contribution in [0, 0.1) is 5.92 Å². The Morgan fingerprint density at radius 1 is 1.29 bits per heavy atom. The number of allylic oxidation sites excluding steroid dienone is 3. The van der Waals surface area contributed by atoms with Crippen LogP contribution in [0.5, 0.6) is 5.75 Å². The molecule has 1 aliphatic heterocycles. The van der Waals surface area contributed by atoms with E-state index in [0.29, 0.717) is 0 Å². The minimum atomic E-state index is -2.58. The quantitative estimate of drug-likeness (QED) is 0.267. The molecular formula is C20H26Cl2N4O2P2S. The van der Waals surface area contributed by atoms with Crippen LogP contribution in [0.15, 0.2) is 58.5 Å². The lowest BCUT2D eigenvalue weighted by Crippen LogP contribution is -2.19. The lowest BCUT2D eigenvalue weighted by molar-refractivity contribution is 0.170. The highest BCUT2D eigenvalue weighted by atomic mass is 35.9. The first-order valence-electron chi connectivity index (χ1n) is 9.64. The van der Waals surface area contributed by atoms with E-state index in [1.54, 1.807) is 31.6 Å². The van der Waals surface area contributed by atoms with E-state index < -0.39 is 12.6 Å². The van der Waals surface area contributed by atoms with Crippen LogP contribution in [0.1, 0.15) is 25.8 Å². The number of hydrazone groups is 2. The zero-order valence-electron chi connectivity index (χ0n) is 17.7. The number of hydrogen-bond donors (Lipinski definition) is 1. The van der Waals surface area contributed by atoms with Gasteiger partial charge >= 0.3 is 0 Å². The molecule has 0 bridgehead atoms. The molecule has 1 aromatic rings. The monoisotopic (exact) mass is 518 g/mol. The van der Waals surface area contributed by atoms with Gasteiger partial charge in [-0.25, -0.2) is 4.78 Å². The highest BCUT2D eigenvalue weighted by Gasteiger charge is 2.50. The third-order valence-corrected chi connectivity index (χ3v) is 11.1. The Labute approximate surface area is 198 Å². The van der Waals surface area contributed by atoms with Crippen LogP contribution in [0.2, 0.25) is 0 Å². The topological polar surface area (TPSA) is 60.7 Å². The van der Waals surface area contributed by atoms with Crippen molar-refractivity contribution in [3.63, 3.8) is 0 Å². The van der Waals surface area contributed by atoms with Crippen LogP contribution in [0.4, 0.5) is 0 Å². The number of phenols is 1. The molecule has 168 valence electrons. The van der Waals surface area contributed by atoms with Crippen molar-refractivity contribution in [2.24, 2.45) is 16.1 Å². The van der Waals surface area contributed by atoms with E-state index in [1.165, 1.54) is 10.1 Å². The van der Waals surface area contributed by atoms with E-state index in [-0.39, 0.29) is 17.0 Å². The number of hydrogen-bond acceptors (Lipinski definition) is 6. The molecule has 1 N–H and O–H groups in total. The molecule has 3 unspecified atom stereocenters. The van der Waals surface area contributed by atoms with E-state index in [1.807, 2.05) is 30.0 Å². The summed E-state index contributed by atoms with van der Waals surface area (Å²) in [7, 11) is 2.60. The molecule has 11 heteroatoms. The van der Waals surface area contributed by atoms with Crippen LogP contribution in [0.25, 0.3) is 0 Å². The number of nitrogens with zero attached hydrogens (tertiary/aromatic N) is 4. The lowest BCUT2D eigenvalue weighted by atomic mass is 10.0. The maximum atomic E-state index is 9.39. The standard InChI is InChI=1S/C20H26Cl2N4O2P2S/c1-15-20(2,29(15)25(3)23-13-16-5-9-18(27)10-6-16)28-19-11-7-17(8-12-19)14-24-26(4)30(21,22)31/h5-7,9-14,17,27,29H,8H2,1-4H3/b23-13+,24-14+. The van der Waals surface area contributed by atoms with Crippen molar-refractivity contribution in [3.8, 4) is 5.75 Å². The van der Waals surface area contributed by atoms with Crippen molar-refractivity contribution in [1.29, 1.82) is 0 Å². The summed E-state index contributed by atoms with van der Waals surface area (Å²) in [4.78, 5) is -2.58. The zero-order valence-corrected chi connectivity index (χ0v) is 22.0. The summed E-state index contributed by atoms with van der Waals surface area (Å²) < 4.78 is 9.81. The average Bonchev–Trinajstić information content (AvgIpc) is 3.25. The molecule has 1 heterocycles. The van der Waals surface area contributed by atoms with Crippen LogP contribution in [0.3, 0.4) is 0 Å². The van der Waals surface area contributed by atoms with Crippen LogP contribution >= 0.6 is 35.1 Å². The van der Waals surface area contributed by atoms with E-state index in [4.69, 9.17) is 39.0 Å². The van der Waals surface area contributed by atoms with Crippen molar-refractivity contribution in [2.75, 3.05) is 14.1 Å². The second-order valence-electron chi connectivity index (χ2n) is 7.52. The number of benzene rings is 1. The number of phenolic OH excluding ortho intramolecular Hbond substituents is 1. The van der Waals surface area contributed by atoms with Gasteiger partial charge in [0.05, 0.1) is 6.21 Å². The van der Waals surface area contributed by atoms with Gasteiger partial charge in [0.1, 0.15) is 11.5 Å². The molecule has 0 aromatic heterocycles. The van der Waals surface area contributed by atoms with Gasteiger partial charge in [-0.2, -0.15) is 10.2 Å². The molecule has 0 radical (unpaired) electrons. The molecule has 0 saturated carbocycles. The molecule has 1 aliphatic carbocycles. The molecule has 6 nitrogen and oxygen atoms in total. The van der Waals surface area contributed by atoms with E-state index in [2.05, 4.69) is 36.2 Å². The van der Waals surface area contributed by atoms with Crippen LogP contribution in [-0.2, 0) is 16.5 Å². The average molecular weight is 519 g/mol. The Morgan fingerprint density at radius 3 is 2.55 bits per heavy atom. The number of ether oxygens (including phenoxy) is 1. The third-order valence-electron chi connectivity index (χ3n) is 5.24. The predicted molar refractivity (Wildman–Crippen MR) is 140 cm³/mol. The van der Waals surface area contributed by atoms with Gasteiger partial charge < -0.3 is 9.84 Å². The second kappa shape index (κ2) is 9.72. The summed E-state index contributed by atoms with van der Waals surface area (Å²) in [6, 6.07) is 6.95. The first-order chi connectivity index (χ1) is 14.5. The Morgan fingerprint density at radius 2 is 1.97 bits per heavy atom. The van der Waals surface area contributed by atoms with Crippen molar-refractivity contribution >= 4 is 64.6 Å². The summed E-state index contributed by atoms with van der Waals surface area (Å²) in [5.41, 5.74) is 0.934. The fourth-order valence-corrected chi connectivity index (χ4v) is 6.45. The Kier molecular flexibility index (Phi) is 7.66. The van der Waals surface area contributed by atoms with Crippen molar-refractivity contribution in [1.82, 2.24) is 9.56 Å². The van der Waals surface area contributed by atoms with Gasteiger partial charge in [0.25, 0.3) is 0 Å². The fraction of sp³-hybridized carbons (Fsp3) is 0.350. The summed E-state index contributed by atoms with van der Waals surface area (Å²) in [5, 5.41) is 19.3. The molecule has 3 rings (SSSR count). The third kappa shape index (κ3) is 6.18. The molecule has 0 spiro atoms. The predicted octanol–water partition coefficient (Wildman–Crippen LogP) is 5.81. The van der Waals surface area contributed by atoms with Crippen LogP contribution < -0.4 is 0 Å². The molecule has 1 aromatic carbocycles. The van der Waals surface area contributed by atoms with Crippen molar-refractivity contribution < 1.29 is 9.84 Å². The number of halogens is 2. The lowest BCUT2D eigenvalue weighted by Gasteiger charge is -2.23. The highest BCUT2D eigenvalue weighted by molar-refractivity contribution is 8.37. The highest BCUT2D eigenvalue weighted by Crippen LogP contribution is 2.62. The minimum absolute atomic E-state index is 0.143. The summed E-state index contributed by atoms with van der Waals surface area (Å²) in [6.45, 7) is 4.25. The zero-order chi connectivity index (χ0) is 22.8. The molecule has 3 atom stereocenters. The van der Waals surface area contributed by atoms with Crippen molar-refractivity contribution in [3.05, 3.63) is 53.8 Å². The van der Waals surface area contributed by atoms with E-state index in [0.717, 1.165) is 17.7 Å². The SMILES string of the molecule is CC1=[PH](N(C)/N=C/c2ccc(O)cc2)C1(C)OC1=CCC(/C=N/N(C)P(=S)(Cl)Cl)C=C1. The Hall–Kier alpha value is -1.23. The maximum absolute atomic E-state index is 9.39. The summed E-state index contributed by atoms with van der Waals surface area (Å²) >= 11 is 16.9. The summed E-state index contributed by atoms with van der Waals surface area (Å²) in [5.74, 6) is 1.24. The maximum Gasteiger partial charge on any atom is 0.222 e. The minimum Gasteiger partial charge on any atom is -0.508 e. The van der Waals surface area contributed by atoms with Gasteiger partial charge in [-0.05, 0) is 102 Å². The largest absolute Gasteiger partial charge is 0.508 e. The summed E-state index contributed by atoms with van der Waals surface area (Å²) in [6.07, 6.45) is 10.5. The van der Waals surface area contributed by atoms with Gasteiger partial charge in [-0.3, -0.25) is 4.78 Å². The van der Waals surface area contributed by atoms with Gasteiger partial charge in [-0.1, -0.05) is 6.08 Å².